The highest BCUT2D eigenvalue weighted by molar-refractivity contribution is 5.92. The molecule has 0 aromatic carbocycles. The summed E-state index contributed by atoms with van der Waals surface area (Å²) in [6, 6.07) is 5.33. The van der Waals surface area contributed by atoms with Gasteiger partial charge in [-0.05, 0) is 43.2 Å². The molecule has 2 heterocycles. The number of hydrogen-bond donors (Lipinski definition) is 0. The van der Waals surface area contributed by atoms with Gasteiger partial charge in [0.1, 0.15) is 11.8 Å². The number of pyridine rings is 1. The van der Waals surface area contributed by atoms with Crippen LogP contribution in [0.2, 0.25) is 0 Å². The molecule has 2 fully saturated rings. The highest BCUT2D eigenvalue weighted by Crippen LogP contribution is 2.46. The molecule has 4 nitrogen and oxygen atoms in total. The standard InChI is InChI=1S/C16H19N3O/c17-11-13-3-4-14(18-12-13)15(20)19-9-7-16(8-10-19)5-1-2-6-16/h3-4,12H,1-2,5-10H2. The van der Waals surface area contributed by atoms with Crippen LogP contribution in [0.25, 0.3) is 0 Å². The van der Waals surface area contributed by atoms with E-state index in [0.29, 0.717) is 16.7 Å². The quantitative estimate of drug-likeness (QED) is 0.787. The van der Waals surface area contributed by atoms with Gasteiger partial charge < -0.3 is 4.90 Å². The molecule has 104 valence electrons. The second kappa shape index (κ2) is 5.24. The Labute approximate surface area is 119 Å². The Balaban J connectivity index is 1.65. The van der Waals surface area contributed by atoms with Gasteiger partial charge in [0.15, 0.2) is 0 Å². The van der Waals surface area contributed by atoms with Crippen molar-refractivity contribution >= 4 is 5.91 Å². The van der Waals surface area contributed by atoms with E-state index in [2.05, 4.69) is 4.98 Å². The van der Waals surface area contributed by atoms with Gasteiger partial charge in [0.25, 0.3) is 5.91 Å². The summed E-state index contributed by atoms with van der Waals surface area (Å²) in [5.74, 6) is 0.00216. The highest BCUT2D eigenvalue weighted by Gasteiger charge is 2.38. The van der Waals surface area contributed by atoms with E-state index < -0.39 is 0 Å². The van der Waals surface area contributed by atoms with Crippen LogP contribution in [-0.2, 0) is 0 Å². The van der Waals surface area contributed by atoms with Gasteiger partial charge in [-0.2, -0.15) is 5.26 Å². The molecule has 0 unspecified atom stereocenters. The monoisotopic (exact) mass is 269 g/mol. The van der Waals surface area contributed by atoms with Crippen LogP contribution in [0.3, 0.4) is 0 Å². The lowest BCUT2D eigenvalue weighted by molar-refractivity contribution is 0.0582. The third kappa shape index (κ3) is 2.40. The number of nitriles is 1. The van der Waals surface area contributed by atoms with Gasteiger partial charge >= 0.3 is 0 Å². The first-order valence-corrected chi connectivity index (χ1v) is 7.38. The van der Waals surface area contributed by atoms with E-state index in [4.69, 9.17) is 5.26 Å². The molecule has 0 N–H and O–H groups in total. The highest BCUT2D eigenvalue weighted by atomic mass is 16.2. The van der Waals surface area contributed by atoms with Crippen LogP contribution >= 0.6 is 0 Å². The molecule has 0 bridgehead atoms. The lowest BCUT2D eigenvalue weighted by atomic mass is 9.77. The first kappa shape index (κ1) is 13.1. The van der Waals surface area contributed by atoms with Crippen molar-refractivity contribution in [2.75, 3.05) is 13.1 Å². The van der Waals surface area contributed by atoms with Crippen LogP contribution < -0.4 is 0 Å². The van der Waals surface area contributed by atoms with Crippen molar-refractivity contribution in [3.05, 3.63) is 29.6 Å². The SMILES string of the molecule is N#Cc1ccc(C(=O)N2CCC3(CCCC3)CC2)nc1. The summed E-state index contributed by atoms with van der Waals surface area (Å²) in [6.07, 6.45) is 9.12. The van der Waals surface area contributed by atoms with E-state index in [1.54, 1.807) is 12.1 Å². The van der Waals surface area contributed by atoms with Crippen LogP contribution in [0.4, 0.5) is 0 Å². The number of hydrogen-bond acceptors (Lipinski definition) is 3. The molecule has 1 aliphatic heterocycles. The molecular formula is C16H19N3O. The van der Waals surface area contributed by atoms with E-state index in [1.807, 2.05) is 11.0 Å². The topological polar surface area (TPSA) is 57.0 Å². The number of carbonyl (C=O) groups is 1. The van der Waals surface area contributed by atoms with Crippen molar-refractivity contribution < 1.29 is 4.79 Å². The first-order chi connectivity index (χ1) is 9.72. The number of likely N-dealkylation sites (tertiary alicyclic amines) is 1. The molecule has 1 aromatic rings. The van der Waals surface area contributed by atoms with Gasteiger partial charge in [-0.15, -0.1) is 0 Å². The molecule has 1 saturated heterocycles. The Morgan fingerprint density at radius 1 is 1.20 bits per heavy atom. The van der Waals surface area contributed by atoms with Crippen LogP contribution in [0.15, 0.2) is 18.3 Å². The zero-order valence-corrected chi connectivity index (χ0v) is 11.6. The van der Waals surface area contributed by atoms with Crippen molar-refractivity contribution in [1.29, 1.82) is 5.26 Å². The van der Waals surface area contributed by atoms with Crippen molar-refractivity contribution in [2.24, 2.45) is 5.41 Å². The van der Waals surface area contributed by atoms with Gasteiger partial charge in [0.05, 0.1) is 5.56 Å². The maximum absolute atomic E-state index is 12.4. The van der Waals surface area contributed by atoms with Gasteiger partial charge in [0, 0.05) is 19.3 Å². The van der Waals surface area contributed by atoms with E-state index >= 15 is 0 Å². The smallest absolute Gasteiger partial charge is 0.272 e. The molecule has 3 rings (SSSR count). The first-order valence-electron chi connectivity index (χ1n) is 7.38. The van der Waals surface area contributed by atoms with Gasteiger partial charge in [-0.25, -0.2) is 4.98 Å². The normalized spacial score (nSPS) is 20.9. The summed E-state index contributed by atoms with van der Waals surface area (Å²) in [5, 5.41) is 8.75. The number of aromatic nitrogens is 1. The fourth-order valence-electron chi connectivity index (χ4n) is 3.56. The third-order valence-corrected chi connectivity index (χ3v) is 4.89. The summed E-state index contributed by atoms with van der Waals surface area (Å²) < 4.78 is 0. The zero-order valence-electron chi connectivity index (χ0n) is 11.6. The lowest BCUT2D eigenvalue weighted by Crippen LogP contribution is -2.42. The minimum absolute atomic E-state index is 0.00216. The largest absolute Gasteiger partial charge is 0.337 e. The van der Waals surface area contributed by atoms with Gasteiger partial charge in [-0.3, -0.25) is 4.79 Å². The fourth-order valence-corrected chi connectivity index (χ4v) is 3.56. The number of piperidine rings is 1. The average Bonchev–Trinajstić information content (AvgIpc) is 2.96. The predicted octanol–water partition coefficient (Wildman–Crippen LogP) is 2.75. The Hall–Kier alpha value is -1.89. The lowest BCUT2D eigenvalue weighted by Gasteiger charge is -2.39. The average molecular weight is 269 g/mol. The van der Waals surface area contributed by atoms with Gasteiger partial charge in [0.2, 0.25) is 0 Å². The summed E-state index contributed by atoms with van der Waals surface area (Å²) in [6.45, 7) is 1.70. The molecule has 2 aliphatic rings. The van der Waals surface area contributed by atoms with Crippen LogP contribution in [0.5, 0.6) is 0 Å². The Morgan fingerprint density at radius 3 is 2.45 bits per heavy atom. The number of carbonyl (C=O) groups excluding carboxylic acids is 1. The van der Waals surface area contributed by atoms with Crippen LogP contribution in [0, 0.1) is 16.7 Å². The second-order valence-electron chi connectivity index (χ2n) is 6.04. The summed E-state index contributed by atoms with van der Waals surface area (Å²) in [7, 11) is 0. The zero-order chi connectivity index (χ0) is 14.0. The number of rotatable bonds is 1. The van der Waals surface area contributed by atoms with Crippen LogP contribution in [-0.4, -0.2) is 28.9 Å². The minimum Gasteiger partial charge on any atom is -0.337 e. The Bertz CT molecular complexity index is 528. The molecule has 1 amide bonds. The maximum atomic E-state index is 12.4. The molecule has 0 radical (unpaired) electrons. The molecular weight excluding hydrogens is 250 g/mol. The summed E-state index contributed by atoms with van der Waals surface area (Å²) in [4.78, 5) is 18.4. The van der Waals surface area contributed by atoms with Crippen molar-refractivity contribution in [3.63, 3.8) is 0 Å². The molecule has 0 atom stereocenters. The molecule has 1 aliphatic carbocycles. The fraction of sp³-hybridized carbons (Fsp3) is 0.562. The van der Waals surface area contributed by atoms with E-state index in [-0.39, 0.29) is 5.91 Å². The molecule has 4 heteroatoms. The molecule has 1 spiro atoms. The molecule has 20 heavy (non-hydrogen) atoms. The number of nitrogens with zero attached hydrogens (tertiary/aromatic N) is 3. The maximum Gasteiger partial charge on any atom is 0.272 e. The molecule has 1 saturated carbocycles. The molecule has 1 aromatic heterocycles. The van der Waals surface area contributed by atoms with E-state index in [9.17, 15) is 4.79 Å². The predicted molar refractivity (Wildman–Crippen MR) is 75.0 cm³/mol. The van der Waals surface area contributed by atoms with E-state index in [0.717, 1.165) is 25.9 Å². The van der Waals surface area contributed by atoms with E-state index in [1.165, 1.54) is 31.9 Å². The van der Waals surface area contributed by atoms with Gasteiger partial charge in [-0.1, -0.05) is 12.8 Å². The van der Waals surface area contributed by atoms with Crippen molar-refractivity contribution in [1.82, 2.24) is 9.88 Å². The summed E-state index contributed by atoms with van der Waals surface area (Å²) in [5.41, 5.74) is 1.46. The second-order valence-corrected chi connectivity index (χ2v) is 6.04. The summed E-state index contributed by atoms with van der Waals surface area (Å²) >= 11 is 0. The third-order valence-electron chi connectivity index (χ3n) is 4.89. The number of amides is 1. The Kier molecular flexibility index (Phi) is 3.43. The minimum atomic E-state index is 0.00216. The Morgan fingerprint density at radius 2 is 1.90 bits per heavy atom. The van der Waals surface area contributed by atoms with Crippen molar-refractivity contribution in [2.45, 2.75) is 38.5 Å². The van der Waals surface area contributed by atoms with Crippen molar-refractivity contribution in [3.8, 4) is 6.07 Å². The van der Waals surface area contributed by atoms with Crippen LogP contribution in [0.1, 0.15) is 54.6 Å².